The van der Waals surface area contributed by atoms with Crippen molar-refractivity contribution in [3.8, 4) is 11.1 Å². The number of fused-ring (bicyclic) bond motifs is 1. The molecule has 0 bridgehead atoms. The molecule has 0 aliphatic heterocycles. The lowest BCUT2D eigenvalue weighted by atomic mass is 10.1. The molecule has 0 saturated carbocycles. The molecular weight excluding hydrogens is 370 g/mol. The Balaban J connectivity index is 1.35. The van der Waals surface area contributed by atoms with Crippen LogP contribution >= 0.6 is 0 Å². The second-order valence-corrected chi connectivity index (χ2v) is 6.80. The van der Waals surface area contributed by atoms with Gasteiger partial charge in [0.2, 0.25) is 0 Å². The zero-order valence-electron chi connectivity index (χ0n) is 16.1. The Morgan fingerprint density at radius 2 is 2.07 bits per heavy atom. The average Bonchev–Trinajstić information content (AvgIpc) is 3.34. The van der Waals surface area contributed by atoms with Gasteiger partial charge >= 0.3 is 6.03 Å². The van der Waals surface area contributed by atoms with E-state index in [0.717, 1.165) is 16.8 Å². The van der Waals surface area contributed by atoms with Gasteiger partial charge in [-0.1, -0.05) is 6.07 Å². The van der Waals surface area contributed by atoms with Crippen molar-refractivity contribution < 1.29 is 4.79 Å². The first kappa shape index (κ1) is 18.5. The fraction of sp³-hybridized carbons (Fsp3) is 0.263. The quantitative estimate of drug-likeness (QED) is 0.521. The maximum absolute atomic E-state index is 12.1. The molecule has 29 heavy (non-hydrogen) atoms. The highest BCUT2D eigenvalue weighted by atomic mass is 16.2. The summed E-state index contributed by atoms with van der Waals surface area (Å²) in [4.78, 5) is 22.2. The number of amides is 2. The van der Waals surface area contributed by atoms with Crippen molar-refractivity contribution in [1.29, 1.82) is 0 Å². The van der Waals surface area contributed by atoms with Gasteiger partial charge in [-0.15, -0.1) is 10.2 Å². The van der Waals surface area contributed by atoms with Gasteiger partial charge in [-0.2, -0.15) is 4.80 Å². The number of nitrogens with one attached hydrogen (secondary N) is 2. The van der Waals surface area contributed by atoms with Crippen molar-refractivity contribution in [2.75, 3.05) is 11.9 Å². The van der Waals surface area contributed by atoms with E-state index in [0.29, 0.717) is 24.6 Å². The van der Waals surface area contributed by atoms with Crippen molar-refractivity contribution in [2.24, 2.45) is 0 Å². The number of carbonyl (C=O) groups is 1. The van der Waals surface area contributed by atoms with Crippen LogP contribution in [0.1, 0.15) is 25.7 Å². The minimum atomic E-state index is -0.336. The molecule has 0 fully saturated rings. The molecule has 10 heteroatoms. The molecule has 0 saturated heterocycles. The number of anilines is 1. The van der Waals surface area contributed by atoms with Crippen LogP contribution in [-0.4, -0.2) is 47.2 Å². The lowest BCUT2D eigenvalue weighted by Gasteiger charge is -2.03. The SMILES string of the molecule is CC(C)n1nnc(CCNC(=O)Nc2cn3cc(-c4cccnc4)ccc3n2)n1. The third kappa shape index (κ3) is 4.37. The molecule has 4 aromatic rings. The molecule has 2 N–H and O–H groups in total. The fourth-order valence-electron chi connectivity index (χ4n) is 2.78. The fourth-order valence-corrected chi connectivity index (χ4v) is 2.78. The van der Waals surface area contributed by atoms with Gasteiger partial charge in [-0.25, -0.2) is 9.78 Å². The van der Waals surface area contributed by atoms with Crippen LogP contribution in [0, 0.1) is 0 Å². The number of aromatic nitrogens is 7. The Kier molecular flexibility index (Phi) is 5.14. The van der Waals surface area contributed by atoms with Gasteiger partial charge in [0.25, 0.3) is 0 Å². The van der Waals surface area contributed by atoms with Crippen molar-refractivity contribution in [3.63, 3.8) is 0 Å². The highest BCUT2D eigenvalue weighted by molar-refractivity contribution is 5.88. The molecule has 0 radical (unpaired) electrons. The molecule has 10 nitrogen and oxygen atoms in total. The van der Waals surface area contributed by atoms with E-state index in [2.05, 4.69) is 36.0 Å². The smallest absolute Gasteiger partial charge is 0.320 e. The second-order valence-electron chi connectivity index (χ2n) is 6.80. The van der Waals surface area contributed by atoms with E-state index in [-0.39, 0.29) is 12.1 Å². The summed E-state index contributed by atoms with van der Waals surface area (Å²) in [7, 11) is 0. The number of tetrazole rings is 1. The minimum absolute atomic E-state index is 0.154. The molecule has 4 rings (SSSR count). The van der Waals surface area contributed by atoms with Crippen LogP contribution in [0.2, 0.25) is 0 Å². The van der Waals surface area contributed by atoms with E-state index in [9.17, 15) is 4.79 Å². The van der Waals surface area contributed by atoms with Gasteiger partial charge in [0, 0.05) is 37.1 Å². The van der Waals surface area contributed by atoms with Crippen LogP contribution in [0.15, 0.2) is 49.1 Å². The molecule has 0 atom stereocenters. The highest BCUT2D eigenvalue weighted by Crippen LogP contribution is 2.20. The van der Waals surface area contributed by atoms with Gasteiger partial charge < -0.3 is 9.72 Å². The van der Waals surface area contributed by atoms with E-state index < -0.39 is 0 Å². The number of nitrogens with zero attached hydrogens (tertiary/aromatic N) is 7. The van der Waals surface area contributed by atoms with Gasteiger partial charge in [-0.05, 0) is 42.8 Å². The lowest BCUT2D eigenvalue weighted by Crippen LogP contribution is -2.30. The summed E-state index contributed by atoms with van der Waals surface area (Å²) >= 11 is 0. The maximum atomic E-state index is 12.1. The Morgan fingerprint density at radius 3 is 2.83 bits per heavy atom. The van der Waals surface area contributed by atoms with Crippen LogP contribution in [0.25, 0.3) is 16.8 Å². The van der Waals surface area contributed by atoms with E-state index >= 15 is 0 Å². The number of hydrogen-bond acceptors (Lipinski definition) is 6. The summed E-state index contributed by atoms with van der Waals surface area (Å²) in [5.74, 6) is 1.06. The summed E-state index contributed by atoms with van der Waals surface area (Å²) in [5, 5.41) is 17.7. The number of hydrogen-bond donors (Lipinski definition) is 2. The summed E-state index contributed by atoms with van der Waals surface area (Å²) < 4.78 is 1.87. The Labute approximate surface area is 167 Å². The number of carbonyl (C=O) groups excluding carboxylic acids is 1. The standard InChI is InChI=1S/C19H21N9O/c1-13(2)28-25-16(24-26-28)7-9-21-19(29)23-17-12-27-11-15(5-6-18(27)22-17)14-4-3-8-20-10-14/h3-6,8,10-13H,7,9H2,1-2H3,(H2,21,23,29). The van der Waals surface area contributed by atoms with Crippen LogP contribution in [0.4, 0.5) is 10.6 Å². The van der Waals surface area contributed by atoms with Crippen LogP contribution in [0.3, 0.4) is 0 Å². The first-order valence-corrected chi connectivity index (χ1v) is 9.31. The minimum Gasteiger partial charge on any atom is -0.337 e. The molecular formula is C19H21N9O. The number of pyridine rings is 2. The summed E-state index contributed by atoms with van der Waals surface area (Å²) in [6, 6.07) is 7.57. The summed E-state index contributed by atoms with van der Waals surface area (Å²) in [6.45, 7) is 4.35. The third-order valence-electron chi connectivity index (χ3n) is 4.25. The van der Waals surface area contributed by atoms with E-state index in [1.165, 1.54) is 0 Å². The number of rotatable bonds is 6. The predicted octanol–water partition coefficient (Wildman–Crippen LogP) is 2.33. The third-order valence-corrected chi connectivity index (χ3v) is 4.25. The molecule has 0 aromatic carbocycles. The predicted molar refractivity (Wildman–Crippen MR) is 107 cm³/mol. The van der Waals surface area contributed by atoms with Crippen molar-refractivity contribution in [3.05, 3.63) is 54.9 Å². The monoisotopic (exact) mass is 391 g/mol. The normalized spacial score (nSPS) is 11.1. The Morgan fingerprint density at radius 1 is 1.17 bits per heavy atom. The van der Waals surface area contributed by atoms with Crippen molar-refractivity contribution in [2.45, 2.75) is 26.3 Å². The molecule has 0 spiro atoms. The van der Waals surface area contributed by atoms with Crippen molar-refractivity contribution >= 4 is 17.5 Å². The van der Waals surface area contributed by atoms with Crippen LogP contribution < -0.4 is 10.6 Å². The second kappa shape index (κ2) is 8.05. The van der Waals surface area contributed by atoms with Gasteiger partial charge in [0.1, 0.15) is 5.65 Å². The van der Waals surface area contributed by atoms with Crippen LogP contribution in [0.5, 0.6) is 0 Å². The molecule has 148 valence electrons. The zero-order valence-corrected chi connectivity index (χ0v) is 16.1. The van der Waals surface area contributed by atoms with Gasteiger partial charge in [0.15, 0.2) is 11.6 Å². The largest absolute Gasteiger partial charge is 0.337 e. The van der Waals surface area contributed by atoms with E-state index in [4.69, 9.17) is 0 Å². The Hall–Kier alpha value is -3.82. The van der Waals surface area contributed by atoms with E-state index in [1.807, 2.05) is 48.7 Å². The van der Waals surface area contributed by atoms with Gasteiger partial charge in [0.05, 0.1) is 12.2 Å². The zero-order chi connectivity index (χ0) is 20.2. The highest BCUT2D eigenvalue weighted by Gasteiger charge is 2.09. The Bertz CT molecular complexity index is 1120. The molecule has 4 aromatic heterocycles. The summed E-state index contributed by atoms with van der Waals surface area (Å²) in [5.41, 5.74) is 2.77. The maximum Gasteiger partial charge on any atom is 0.320 e. The molecule has 0 aliphatic carbocycles. The first-order valence-electron chi connectivity index (χ1n) is 9.31. The average molecular weight is 391 g/mol. The first-order chi connectivity index (χ1) is 14.1. The number of imidazole rings is 1. The molecule has 0 unspecified atom stereocenters. The molecule has 4 heterocycles. The van der Waals surface area contributed by atoms with E-state index in [1.54, 1.807) is 23.4 Å². The molecule has 2 amide bonds. The topological polar surface area (TPSA) is 115 Å². The lowest BCUT2D eigenvalue weighted by molar-refractivity contribution is 0.252. The van der Waals surface area contributed by atoms with Crippen LogP contribution in [-0.2, 0) is 6.42 Å². The number of urea groups is 1. The van der Waals surface area contributed by atoms with Crippen molar-refractivity contribution in [1.82, 2.24) is 39.9 Å². The summed E-state index contributed by atoms with van der Waals surface area (Å²) in [6.07, 6.45) is 7.76. The molecule has 0 aliphatic rings. The van der Waals surface area contributed by atoms with Gasteiger partial charge in [-0.3, -0.25) is 10.3 Å².